The van der Waals surface area contributed by atoms with Gasteiger partial charge in [0, 0.05) is 13.6 Å². The quantitative estimate of drug-likeness (QED) is 0.709. The molecule has 0 aliphatic carbocycles. The number of anilines is 1. The van der Waals surface area contributed by atoms with Crippen molar-refractivity contribution in [3.05, 3.63) is 52.4 Å². The van der Waals surface area contributed by atoms with Crippen LogP contribution in [0.15, 0.2) is 45.5 Å². The van der Waals surface area contributed by atoms with Crippen molar-refractivity contribution >= 4 is 45.8 Å². The summed E-state index contributed by atoms with van der Waals surface area (Å²) < 4.78 is 5.75. The Morgan fingerprint density at radius 2 is 1.96 bits per heavy atom. The van der Waals surface area contributed by atoms with E-state index in [1.807, 2.05) is 0 Å². The second kappa shape index (κ2) is 9.46. The minimum atomic E-state index is -0.335. The summed E-state index contributed by atoms with van der Waals surface area (Å²) in [6.45, 7) is 1.00. The molecular weight excluding hydrogens is 398 g/mol. The summed E-state index contributed by atoms with van der Waals surface area (Å²) in [5.74, 6) is -0.384. The molecule has 0 atom stereocenters. The molecule has 0 saturated heterocycles. The Balaban J connectivity index is 0.00000288. The number of rotatable bonds is 6. The fourth-order valence-corrected chi connectivity index (χ4v) is 2.37. The van der Waals surface area contributed by atoms with E-state index in [2.05, 4.69) is 21.2 Å². The Hall–Kier alpha value is -1.83. The second-order valence-electron chi connectivity index (χ2n) is 4.88. The first-order valence-electron chi connectivity index (χ1n) is 7.15. The highest BCUT2D eigenvalue weighted by atomic mass is 79.9. The van der Waals surface area contributed by atoms with Gasteiger partial charge in [-0.05, 0) is 53.2 Å². The van der Waals surface area contributed by atoms with Crippen LogP contribution >= 0.6 is 28.3 Å². The molecule has 6 nitrogen and oxygen atoms in total. The Morgan fingerprint density at radius 3 is 2.58 bits per heavy atom. The Bertz CT molecular complexity index is 705. The number of carbonyl (C=O) groups is 2. The Morgan fingerprint density at radius 1 is 1.25 bits per heavy atom. The van der Waals surface area contributed by atoms with E-state index < -0.39 is 0 Å². The van der Waals surface area contributed by atoms with Crippen molar-refractivity contribution in [1.29, 1.82) is 0 Å². The predicted octanol–water partition coefficient (Wildman–Crippen LogP) is 2.82. The SMILES string of the molecule is CN(C(=O)c1ccc(Br)o1)c1ccccc1C(=O)NCCCN.Cl. The van der Waals surface area contributed by atoms with E-state index in [4.69, 9.17) is 10.2 Å². The molecule has 3 N–H and O–H groups in total. The third kappa shape index (κ3) is 4.83. The summed E-state index contributed by atoms with van der Waals surface area (Å²) in [7, 11) is 1.60. The first-order chi connectivity index (χ1) is 11.0. The van der Waals surface area contributed by atoms with Crippen LogP contribution in [0.5, 0.6) is 0 Å². The number of hydrogen-bond acceptors (Lipinski definition) is 4. The third-order valence-electron chi connectivity index (χ3n) is 3.27. The van der Waals surface area contributed by atoms with Gasteiger partial charge in [-0.15, -0.1) is 12.4 Å². The second-order valence-corrected chi connectivity index (χ2v) is 5.66. The molecule has 1 aromatic heterocycles. The number of nitrogens with zero attached hydrogens (tertiary/aromatic N) is 1. The van der Waals surface area contributed by atoms with Gasteiger partial charge in [0.25, 0.3) is 11.8 Å². The molecule has 0 bridgehead atoms. The number of carbonyl (C=O) groups excluding carboxylic acids is 2. The minimum absolute atomic E-state index is 0. The van der Waals surface area contributed by atoms with Crippen LogP contribution in [-0.2, 0) is 0 Å². The van der Waals surface area contributed by atoms with Gasteiger partial charge in [0.05, 0.1) is 11.3 Å². The number of para-hydroxylation sites is 1. The molecule has 130 valence electrons. The molecule has 2 amide bonds. The van der Waals surface area contributed by atoms with Crippen LogP contribution in [-0.4, -0.2) is 32.0 Å². The molecule has 0 spiro atoms. The highest BCUT2D eigenvalue weighted by Gasteiger charge is 2.21. The summed E-state index contributed by atoms with van der Waals surface area (Å²) in [5, 5.41) is 2.79. The average molecular weight is 417 g/mol. The summed E-state index contributed by atoms with van der Waals surface area (Å²) >= 11 is 3.17. The number of nitrogens with one attached hydrogen (secondary N) is 1. The fourth-order valence-electron chi connectivity index (χ4n) is 2.06. The maximum Gasteiger partial charge on any atom is 0.293 e. The maximum absolute atomic E-state index is 12.5. The maximum atomic E-state index is 12.5. The monoisotopic (exact) mass is 415 g/mol. The molecule has 0 aliphatic rings. The minimum Gasteiger partial charge on any atom is -0.444 e. The molecule has 2 aromatic rings. The zero-order chi connectivity index (χ0) is 16.8. The zero-order valence-corrected chi connectivity index (χ0v) is 15.5. The van der Waals surface area contributed by atoms with Crippen molar-refractivity contribution in [3.8, 4) is 0 Å². The number of amides is 2. The fraction of sp³-hybridized carbons (Fsp3) is 0.250. The van der Waals surface area contributed by atoms with Gasteiger partial charge in [0.2, 0.25) is 0 Å². The van der Waals surface area contributed by atoms with Gasteiger partial charge in [-0.3, -0.25) is 9.59 Å². The van der Waals surface area contributed by atoms with Crippen LogP contribution in [0.1, 0.15) is 27.3 Å². The van der Waals surface area contributed by atoms with Gasteiger partial charge in [-0.1, -0.05) is 12.1 Å². The van der Waals surface area contributed by atoms with Crippen LogP contribution in [0.2, 0.25) is 0 Å². The van der Waals surface area contributed by atoms with Crippen molar-refractivity contribution < 1.29 is 14.0 Å². The number of benzene rings is 1. The van der Waals surface area contributed by atoms with E-state index >= 15 is 0 Å². The van der Waals surface area contributed by atoms with Crippen LogP contribution in [0.4, 0.5) is 5.69 Å². The van der Waals surface area contributed by atoms with Gasteiger partial charge in [-0.2, -0.15) is 0 Å². The third-order valence-corrected chi connectivity index (χ3v) is 3.69. The van der Waals surface area contributed by atoms with Crippen molar-refractivity contribution in [2.75, 3.05) is 25.0 Å². The number of furan rings is 1. The van der Waals surface area contributed by atoms with Crippen molar-refractivity contribution in [2.45, 2.75) is 6.42 Å². The lowest BCUT2D eigenvalue weighted by Crippen LogP contribution is -2.31. The van der Waals surface area contributed by atoms with Crippen LogP contribution in [0.25, 0.3) is 0 Å². The molecule has 2 rings (SSSR count). The van der Waals surface area contributed by atoms with E-state index in [9.17, 15) is 9.59 Å². The molecular formula is C16H19BrClN3O3. The normalized spacial score (nSPS) is 9.96. The van der Waals surface area contributed by atoms with Crippen molar-refractivity contribution in [3.63, 3.8) is 0 Å². The molecule has 24 heavy (non-hydrogen) atoms. The van der Waals surface area contributed by atoms with E-state index in [0.29, 0.717) is 35.4 Å². The smallest absolute Gasteiger partial charge is 0.293 e. The highest BCUT2D eigenvalue weighted by Crippen LogP contribution is 2.23. The molecule has 0 aliphatic heterocycles. The number of hydrogen-bond donors (Lipinski definition) is 2. The molecule has 0 radical (unpaired) electrons. The topological polar surface area (TPSA) is 88.6 Å². The van der Waals surface area contributed by atoms with Gasteiger partial charge in [0.1, 0.15) is 0 Å². The van der Waals surface area contributed by atoms with E-state index in [1.165, 1.54) is 4.90 Å². The van der Waals surface area contributed by atoms with Crippen molar-refractivity contribution in [2.24, 2.45) is 5.73 Å². The molecule has 0 fully saturated rings. The molecule has 1 aromatic carbocycles. The lowest BCUT2D eigenvalue weighted by molar-refractivity contribution is 0.0953. The predicted molar refractivity (Wildman–Crippen MR) is 98.8 cm³/mol. The van der Waals surface area contributed by atoms with Gasteiger partial charge < -0.3 is 20.4 Å². The first-order valence-corrected chi connectivity index (χ1v) is 7.94. The molecule has 8 heteroatoms. The van der Waals surface area contributed by atoms with Gasteiger partial charge in [0.15, 0.2) is 10.4 Å². The van der Waals surface area contributed by atoms with Gasteiger partial charge in [-0.25, -0.2) is 0 Å². The van der Waals surface area contributed by atoms with Crippen LogP contribution < -0.4 is 16.0 Å². The summed E-state index contributed by atoms with van der Waals surface area (Å²) in [4.78, 5) is 26.1. The first kappa shape index (κ1) is 20.2. The highest BCUT2D eigenvalue weighted by molar-refractivity contribution is 9.10. The summed E-state index contributed by atoms with van der Waals surface area (Å²) in [6, 6.07) is 10.1. The molecule has 0 saturated carbocycles. The van der Waals surface area contributed by atoms with Crippen LogP contribution in [0, 0.1) is 0 Å². The summed E-state index contributed by atoms with van der Waals surface area (Å²) in [5.41, 5.74) is 6.35. The van der Waals surface area contributed by atoms with E-state index in [0.717, 1.165) is 0 Å². The number of nitrogens with two attached hydrogens (primary N) is 1. The van der Waals surface area contributed by atoms with Gasteiger partial charge >= 0.3 is 0 Å². The molecule has 1 heterocycles. The Kier molecular flexibility index (Phi) is 7.97. The lowest BCUT2D eigenvalue weighted by atomic mass is 10.1. The molecule has 0 unspecified atom stereocenters. The standard InChI is InChI=1S/C16H18BrN3O3.ClH/c1-20(16(22)13-7-8-14(17)23-13)12-6-3-2-5-11(12)15(21)19-10-4-9-18;/h2-3,5-8H,4,9-10,18H2,1H3,(H,19,21);1H. The van der Waals surface area contributed by atoms with Crippen molar-refractivity contribution in [1.82, 2.24) is 5.32 Å². The van der Waals surface area contributed by atoms with E-state index in [1.54, 1.807) is 43.4 Å². The summed E-state index contributed by atoms with van der Waals surface area (Å²) in [6.07, 6.45) is 0.698. The average Bonchev–Trinajstić information content (AvgIpc) is 3.00. The Labute approximate surface area is 154 Å². The zero-order valence-electron chi connectivity index (χ0n) is 13.1. The van der Waals surface area contributed by atoms with Crippen LogP contribution in [0.3, 0.4) is 0 Å². The van der Waals surface area contributed by atoms with E-state index in [-0.39, 0.29) is 30.0 Å². The largest absolute Gasteiger partial charge is 0.444 e. The number of halogens is 2. The lowest BCUT2D eigenvalue weighted by Gasteiger charge is -2.19.